The van der Waals surface area contributed by atoms with Crippen molar-refractivity contribution < 1.29 is 15.0 Å². The molecule has 0 saturated heterocycles. The second-order valence-electron chi connectivity index (χ2n) is 2.27. The summed E-state index contributed by atoms with van der Waals surface area (Å²) in [4.78, 5) is 10.5. The van der Waals surface area contributed by atoms with Crippen LogP contribution in [0.15, 0.2) is 0 Å². The highest BCUT2D eigenvalue weighted by Crippen LogP contribution is 2.13. The van der Waals surface area contributed by atoms with Crippen molar-refractivity contribution in [3.8, 4) is 0 Å². The third kappa shape index (κ3) is 0.962. The topological polar surface area (TPSA) is 83.6 Å². The Balaban J connectivity index is 2.65. The molecule has 0 spiro atoms. The fourth-order valence-corrected chi connectivity index (χ4v) is 0.898. The van der Waals surface area contributed by atoms with Crippen LogP contribution in [0.4, 0.5) is 0 Å². The lowest BCUT2D eigenvalue weighted by Gasteiger charge is -2.08. The monoisotopic (exact) mass is 131 g/mol. The number of rotatable bonds is 0. The van der Waals surface area contributed by atoms with Crippen molar-refractivity contribution in [3.63, 3.8) is 0 Å². The first kappa shape index (κ1) is 6.67. The molecule has 0 unspecified atom stereocenters. The predicted molar refractivity (Wildman–Crippen MR) is 29.6 cm³/mol. The highest BCUT2D eigenvalue weighted by atomic mass is 16.3. The minimum absolute atomic E-state index is 0.0856. The Kier molecular flexibility index (Phi) is 1.52. The molecule has 4 heteroatoms. The number of Topliss-reactive ketones (excluding diaryl/α,β-unsaturated/α-hetero) is 1. The summed E-state index contributed by atoms with van der Waals surface area (Å²) in [6.07, 6.45) is -2.22. The Labute approximate surface area is 52.3 Å². The predicted octanol–water partition coefficient (Wildman–Crippen LogP) is -1.99. The molecule has 1 aliphatic carbocycles. The van der Waals surface area contributed by atoms with Gasteiger partial charge in [-0.1, -0.05) is 0 Å². The number of hydrogen-bond donors (Lipinski definition) is 3. The van der Waals surface area contributed by atoms with Gasteiger partial charge >= 0.3 is 0 Å². The molecule has 0 amide bonds. The summed E-state index contributed by atoms with van der Waals surface area (Å²) in [5.74, 6) is -0.366. The molecule has 52 valence electrons. The smallest absolute Gasteiger partial charge is 0.165 e. The molecule has 0 aromatic rings. The van der Waals surface area contributed by atoms with Crippen molar-refractivity contribution in [2.75, 3.05) is 0 Å². The molecule has 1 rings (SSSR count). The Morgan fingerprint density at radius 1 is 1.56 bits per heavy atom. The number of ketones is 1. The standard InChI is InChI=1S/C5H9NO3/c6-2-1-3(7)5(9)4(2)8/h2,4-5,8-9H,1,6H2/t2-,4+,5-/m1/s1. The molecule has 4 N–H and O–H groups in total. The minimum Gasteiger partial charge on any atom is -0.388 e. The van der Waals surface area contributed by atoms with Crippen LogP contribution in [0, 0.1) is 0 Å². The van der Waals surface area contributed by atoms with Crippen LogP contribution in [-0.4, -0.2) is 34.2 Å². The normalized spacial score (nSPS) is 43.9. The van der Waals surface area contributed by atoms with Gasteiger partial charge in [-0.25, -0.2) is 0 Å². The van der Waals surface area contributed by atoms with Crippen LogP contribution in [0.3, 0.4) is 0 Å². The SMILES string of the molecule is N[C@@H]1CC(=O)[C@@H](O)[C@H]1O. The van der Waals surface area contributed by atoms with E-state index in [-0.39, 0.29) is 12.2 Å². The highest BCUT2D eigenvalue weighted by molar-refractivity contribution is 5.86. The molecule has 1 saturated carbocycles. The number of hydrogen-bond acceptors (Lipinski definition) is 4. The van der Waals surface area contributed by atoms with E-state index in [1.165, 1.54) is 0 Å². The number of carbonyl (C=O) groups excluding carboxylic acids is 1. The quantitative estimate of drug-likeness (QED) is 0.355. The van der Waals surface area contributed by atoms with Crippen molar-refractivity contribution in [3.05, 3.63) is 0 Å². The van der Waals surface area contributed by atoms with Gasteiger partial charge in [-0.3, -0.25) is 4.79 Å². The van der Waals surface area contributed by atoms with Crippen molar-refractivity contribution in [2.45, 2.75) is 24.7 Å². The van der Waals surface area contributed by atoms with E-state index in [1.807, 2.05) is 0 Å². The third-order valence-electron chi connectivity index (χ3n) is 1.53. The molecular weight excluding hydrogens is 122 g/mol. The van der Waals surface area contributed by atoms with E-state index < -0.39 is 18.2 Å². The van der Waals surface area contributed by atoms with Gasteiger partial charge in [0.25, 0.3) is 0 Å². The maximum Gasteiger partial charge on any atom is 0.165 e. The van der Waals surface area contributed by atoms with E-state index in [9.17, 15) is 4.79 Å². The lowest BCUT2D eigenvalue weighted by Crippen LogP contribution is -2.35. The number of aliphatic hydroxyl groups is 2. The van der Waals surface area contributed by atoms with Crippen molar-refractivity contribution in [1.82, 2.24) is 0 Å². The second-order valence-corrected chi connectivity index (χ2v) is 2.27. The van der Waals surface area contributed by atoms with Gasteiger partial charge in [0.05, 0.1) is 0 Å². The molecule has 0 aromatic carbocycles. The summed E-state index contributed by atoms with van der Waals surface area (Å²) >= 11 is 0. The molecule has 0 aliphatic heterocycles. The maximum atomic E-state index is 10.5. The molecule has 0 radical (unpaired) electrons. The van der Waals surface area contributed by atoms with Gasteiger partial charge in [-0.2, -0.15) is 0 Å². The molecule has 0 heterocycles. The van der Waals surface area contributed by atoms with Gasteiger partial charge < -0.3 is 15.9 Å². The van der Waals surface area contributed by atoms with E-state index in [2.05, 4.69) is 0 Å². The molecule has 0 aromatic heterocycles. The van der Waals surface area contributed by atoms with Crippen LogP contribution in [0.2, 0.25) is 0 Å². The first-order chi connectivity index (χ1) is 4.13. The van der Waals surface area contributed by atoms with Crippen LogP contribution < -0.4 is 5.73 Å². The largest absolute Gasteiger partial charge is 0.388 e. The molecule has 1 fully saturated rings. The molecular formula is C5H9NO3. The zero-order valence-electron chi connectivity index (χ0n) is 4.82. The Morgan fingerprint density at radius 2 is 2.11 bits per heavy atom. The second kappa shape index (κ2) is 2.06. The van der Waals surface area contributed by atoms with E-state index in [0.717, 1.165) is 0 Å². The van der Waals surface area contributed by atoms with E-state index in [4.69, 9.17) is 15.9 Å². The lowest BCUT2D eigenvalue weighted by molar-refractivity contribution is -0.126. The van der Waals surface area contributed by atoms with Gasteiger partial charge in [-0.05, 0) is 0 Å². The fraction of sp³-hybridized carbons (Fsp3) is 0.800. The Morgan fingerprint density at radius 3 is 2.22 bits per heavy atom. The number of aliphatic hydroxyl groups excluding tert-OH is 2. The van der Waals surface area contributed by atoms with E-state index >= 15 is 0 Å². The average Bonchev–Trinajstić information content (AvgIpc) is 1.98. The van der Waals surface area contributed by atoms with E-state index in [0.29, 0.717) is 0 Å². The Bertz CT molecular complexity index is 136. The maximum absolute atomic E-state index is 10.5. The van der Waals surface area contributed by atoms with Crippen LogP contribution in [-0.2, 0) is 4.79 Å². The number of carbonyl (C=O) groups is 1. The first-order valence-corrected chi connectivity index (χ1v) is 2.77. The molecule has 9 heavy (non-hydrogen) atoms. The zero-order chi connectivity index (χ0) is 7.02. The zero-order valence-corrected chi connectivity index (χ0v) is 4.82. The average molecular weight is 131 g/mol. The van der Waals surface area contributed by atoms with Crippen molar-refractivity contribution in [2.24, 2.45) is 5.73 Å². The van der Waals surface area contributed by atoms with Crippen molar-refractivity contribution >= 4 is 5.78 Å². The fourth-order valence-electron chi connectivity index (χ4n) is 0.898. The molecule has 3 atom stereocenters. The van der Waals surface area contributed by atoms with Crippen LogP contribution in [0.1, 0.15) is 6.42 Å². The first-order valence-electron chi connectivity index (χ1n) is 2.77. The summed E-state index contributed by atoms with van der Waals surface area (Å²) in [5.41, 5.74) is 5.23. The van der Waals surface area contributed by atoms with Gasteiger partial charge in [0.1, 0.15) is 12.2 Å². The van der Waals surface area contributed by atoms with Gasteiger partial charge in [0.15, 0.2) is 5.78 Å². The summed E-state index contributed by atoms with van der Waals surface area (Å²) in [5, 5.41) is 17.6. The number of nitrogens with two attached hydrogens (primary N) is 1. The van der Waals surface area contributed by atoms with Gasteiger partial charge in [0.2, 0.25) is 0 Å². The van der Waals surface area contributed by atoms with Crippen molar-refractivity contribution in [1.29, 1.82) is 0 Å². The van der Waals surface area contributed by atoms with Crippen LogP contribution in [0.5, 0.6) is 0 Å². The van der Waals surface area contributed by atoms with Crippen LogP contribution in [0.25, 0.3) is 0 Å². The minimum atomic E-state index is -1.25. The van der Waals surface area contributed by atoms with Gasteiger partial charge in [-0.15, -0.1) is 0 Å². The summed E-state index contributed by atoms with van der Waals surface area (Å²) in [6.45, 7) is 0. The highest BCUT2D eigenvalue weighted by Gasteiger charge is 2.37. The van der Waals surface area contributed by atoms with Gasteiger partial charge in [0, 0.05) is 12.5 Å². The Hall–Kier alpha value is -0.450. The van der Waals surface area contributed by atoms with E-state index in [1.54, 1.807) is 0 Å². The molecule has 4 nitrogen and oxygen atoms in total. The third-order valence-corrected chi connectivity index (χ3v) is 1.53. The summed E-state index contributed by atoms with van der Waals surface area (Å²) < 4.78 is 0. The summed E-state index contributed by atoms with van der Waals surface area (Å²) in [6, 6.07) is -0.576. The molecule has 1 aliphatic rings. The lowest BCUT2D eigenvalue weighted by atomic mass is 10.2. The summed E-state index contributed by atoms with van der Waals surface area (Å²) in [7, 11) is 0. The molecule has 0 bridgehead atoms. The van der Waals surface area contributed by atoms with Crippen LogP contribution >= 0.6 is 0 Å².